The standard InChI is InChI=1S/C12H17N3O5/c1-19-10-6-5-9(15(17)18)8-11(10)20-7-3-2-4-12(13)14-16/h5-6,8,16H,2-4,7H2,1H3,(H2,13,14). The van der Waals surface area contributed by atoms with Crippen LogP contribution >= 0.6 is 0 Å². The summed E-state index contributed by atoms with van der Waals surface area (Å²) in [6.45, 7) is 0.357. The van der Waals surface area contributed by atoms with E-state index in [9.17, 15) is 10.1 Å². The molecule has 0 unspecified atom stereocenters. The molecule has 0 spiro atoms. The van der Waals surface area contributed by atoms with Crippen molar-refractivity contribution in [3.63, 3.8) is 0 Å². The van der Waals surface area contributed by atoms with Crippen LogP contribution in [-0.4, -0.2) is 29.7 Å². The van der Waals surface area contributed by atoms with Gasteiger partial charge in [0.25, 0.3) is 5.69 Å². The number of nitrogens with zero attached hydrogens (tertiary/aromatic N) is 2. The second-order valence-electron chi connectivity index (χ2n) is 3.99. The minimum absolute atomic E-state index is 0.0579. The molecule has 1 rings (SSSR count). The van der Waals surface area contributed by atoms with Crippen LogP contribution < -0.4 is 15.2 Å². The molecular weight excluding hydrogens is 266 g/mol. The Morgan fingerprint density at radius 1 is 1.45 bits per heavy atom. The van der Waals surface area contributed by atoms with Gasteiger partial charge in [-0.25, -0.2) is 0 Å². The molecule has 0 aliphatic heterocycles. The molecule has 0 atom stereocenters. The summed E-state index contributed by atoms with van der Waals surface area (Å²) >= 11 is 0. The molecule has 0 saturated carbocycles. The molecule has 8 heteroatoms. The van der Waals surface area contributed by atoms with Gasteiger partial charge in [-0.15, -0.1) is 0 Å². The summed E-state index contributed by atoms with van der Waals surface area (Å²) in [7, 11) is 1.46. The van der Waals surface area contributed by atoms with Crippen molar-refractivity contribution < 1.29 is 19.6 Å². The number of unbranched alkanes of at least 4 members (excludes halogenated alkanes) is 1. The molecule has 0 heterocycles. The van der Waals surface area contributed by atoms with E-state index in [1.54, 1.807) is 0 Å². The summed E-state index contributed by atoms with van der Waals surface area (Å²) in [4.78, 5) is 10.2. The molecule has 8 nitrogen and oxygen atoms in total. The predicted molar refractivity (Wildman–Crippen MR) is 72.4 cm³/mol. The highest BCUT2D eigenvalue weighted by Gasteiger charge is 2.12. The normalized spacial score (nSPS) is 11.2. The van der Waals surface area contributed by atoms with E-state index in [4.69, 9.17) is 20.4 Å². The number of benzene rings is 1. The molecule has 0 radical (unpaired) electrons. The molecule has 0 aliphatic carbocycles. The maximum Gasteiger partial charge on any atom is 0.273 e. The third-order valence-electron chi connectivity index (χ3n) is 2.57. The third kappa shape index (κ3) is 4.63. The van der Waals surface area contributed by atoms with E-state index in [1.165, 1.54) is 25.3 Å². The molecule has 20 heavy (non-hydrogen) atoms. The Kier molecular flexibility index (Phi) is 6.08. The predicted octanol–water partition coefficient (Wildman–Crippen LogP) is 1.90. The molecule has 1 aromatic carbocycles. The van der Waals surface area contributed by atoms with Crippen LogP contribution in [0.25, 0.3) is 0 Å². The number of hydrogen-bond acceptors (Lipinski definition) is 6. The summed E-state index contributed by atoms with van der Waals surface area (Å²) in [5.74, 6) is 0.926. The topological polar surface area (TPSA) is 120 Å². The van der Waals surface area contributed by atoms with E-state index in [0.29, 0.717) is 37.4 Å². The Morgan fingerprint density at radius 3 is 2.80 bits per heavy atom. The maximum absolute atomic E-state index is 10.7. The number of nitro benzene ring substituents is 1. The van der Waals surface area contributed by atoms with Gasteiger partial charge in [-0.3, -0.25) is 10.1 Å². The first-order chi connectivity index (χ1) is 9.58. The Morgan fingerprint density at radius 2 is 2.20 bits per heavy atom. The fraction of sp³-hybridized carbons (Fsp3) is 0.417. The second kappa shape index (κ2) is 7.82. The molecule has 1 aromatic rings. The van der Waals surface area contributed by atoms with Crippen LogP contribution in [-0.2, 0) is 0 Å². The molecular formula is C12H17N3O5. The van der Waals surface area contributed by atoms with Crippen LogP contribution in [0.4, 0.5) is 5.69 Å². The monoisotopic (exact) mass is 283 g/mol. The molecule has 110 valence electrons. The van der Waals surface area contributed by atoms with Crippen LogP contribution in [0.5, 0.6) is 11.5 Å². The number of nitrogens with two attached hydrogens (primary N) is 1. The summed E-state index contributed by atoms with van der Waals surface area (Å²) in [6.07, 6.45) is 1.82. The smallest absolute Gasteiger partial charge is 0.273 e. The SMILES string of the molecule is COc1ccc([N+](=O)[O-])cc1OCCCCC(N)=NO. The van der Waals surface area contributed by atoms with Gasteiger partial charge in [0, 0.05) is 12.5 Å². The first-order valence-corrected chi connectivity index (χ1v) is 6.00. The summed E-state index contributed by atoms with van der Waals surface area (Å²) in [5.41, 5.74) is 5.27. The van der Waals surface area contributed by atoms with Gasteiger partial charge in [-0.05, 0) is 18.9 Å². The zero-order chi connectivity index (χ0) is 15.0. The molecule has 0 saturated heterocycles. The molecule has 0 aromatic heterocycles. The number of nitro groups is 1. The van der Waals surface area contributed by atoms with Crippen molar-refractivity contribution in [3.8, 4) is 11.5 Å². The molecule has 0 aliphatic rings. The summed E-state index contributed by atoms with van der Waals surface area (Å²) in [6, 6.07) is 4.16. The van der Waals surface area contributed by atoms with Crippen LogP contribution in [0.3, 0.4) is 0 Å². The fourth-order valence-corrected chi connectivity index (χ4v) is 1.53. The van der Waals surface area contributed by atoms with Crippen LogP contribution in [0.15, 0.2) is 23.4 Å². The molecule has 3 N–H and O–H groups in total. The van der Waals surface area contributed by atoms with Gasteiger partial charge >= 0.3 is 0 Å². The van der Waals surface area contributed by atoms with Crippen LogP contribution in [0, 0.1) is 10.1 Å². The highest BCUT2D eigenvalue weighted by molar-refractivity contribution is 5.79. The lowest BCUT2D eigenvalue weighted by Crippen LogP contribution is -2.11. The average molecular weight is 283 g/mol. The number of non-ortho nitro benzene ring substituents is 1. The zero-order valence-electron chi connectivity index (χ0n) is 11.1. The lowest BCUT2D eigenvalue weighted by molar-refractivity contribution is -0.385. The Labute approximate surface area is 115 Å². The molecule has 0 fully saturated rings. The van der Waals surface area contributed by atoms with Gasteiger partial charge < -0.3 is 20.4 Å². The number of hydrogen-bond donors (Lipinski definition) is 2. The number of amidine groups is 1. The summed E-state index contributed by atoms with van der Waals surface area (Å²) < 4.78 is 10.5. The highest BCUT2D eigenvalue weighted by Crippen LogP contribution is 2.31. The molecule has 0 bridgehead atoms. The number of methoxy groups -OCH3 is 1. The Hall–Kier alpha value is -2.51. The maximum atomic E-state index is 10.7. The number of oxime groups is 1. The van der Waals surface area contributed by atoms with Crippen molar-refractivity contribution in [1.82, 2.24) is 0 Å². The second-order valence-corrected chi connectivity index (χ2v) is 3.99. The van der Waals surface area contributed by atoms with Crippen molar-refractivity contribution >= 4 is 11.5 Å². The van der Waals surface area contributed by atoms with Gasteiger partial charge in [0.15, 0.2) is 11.5 Å². The summed E-state index contributed by atoms with van der Waals surface area (Å²) in [5, 5.41) is 21.9. The van der Waals surface area contributed by atoms with E-state index < -0.39 is 4.92 Å². The highest BCUT2D eigenvalue weighted by atomic mass is 16.6. The Balaban J connectivity index is 2.53. The van der Waals surface area contributed by atoms with Gasteiger partial charge in [-0.2, -0.15) is 0 Å². The van der Waals surface area contributed by atoms with Crippen molar-refractivity contribution in [3.05, 3.63) is 28.3 Å². The van der Waals surface area contributed by atoms with Gasteiger partial charge in [0.1, 0.15) is 5.84 Å². The van der Waals surface area contributed by atoms with E-state index in [2.05, 4.69) is 5.16 Å². The fourth-order valence-electron chi connectivity index (χ4n) is 1.53. The average Bonchev–Trinajstić information content (AvgIpc) is 2.46. The van der Waals surface area contributed by atoms with E-state index >= 15 is 0 Å². The third-order valence-corrected chi connectivity index (χ3v) is 2.57. The largest absolute Gasteiger partial charge is 0.493 e. The quantitative estimate of drug-likeness (QED) is 0.188. The first kappa shape index (κ1) is 15.5. The van der Waals surface area contributed by atoms with Gasteiger partial charge in [0.2, 0.25) is 0 Å². The van der Waals surface area contributed by atoms with Crippen molar-refractivity contribution in [1.29, 1.82) is 0 Å². The minimum atomic E-state index is -0.495. The van der Waals surface area contributed by atoms with Crippen molar-refractivity contribution in [2.45, 2.75) is 19.3 Å². The molecule has 0 amide bonds. The van der Waals surface area contributed by atoms with E-state index in [1.807, 2.05) is 0 Å². The zero-order valence-corrected chi connectivity index (χ0v) is 11.1. The number of rotatable bonds is 8. The van der Waals surface area contributed by atoms with E-state index in [-0.39, 0.29) is 11.5 Å². The lowest BCUT2D eigenvalue weighted by Gasteiger charge is -2.10. The van der Waals surface area contributed by atoms with Crippen LogP contribution in [0.2, 0.25) is 0 Å². The van der Waals surface area contributed by atoms with Crippen molar-refractivity contribution in [2.24, 2.45) is 10.9 Å². The Bertz CT molecular complexity index is 490. The van der Waals surface area contributed by atoms with Gasteiger partial charge in [-0.1, -0.05) is 5.16 Å². The van der Waals surface area contributed by atoms with Crippen molar-refractivity contribution in [2.75, 3.05) is 13.7 Å². The minimum Gasteiger partial charge on any atom is -0.493 e. The first-order valence-electron chi connectivity index (χ1n) is 6.00. The number of ether oxygens (including phenoxy) is 2. The van der Waals surface area contributed by atoms with E-state index in [0.717, 1.165) is 0 Å². The van der Waals surface area contributed by atoms with Crippen LogP contribution in [0.1, 0.15) is 19.3 Å². The van der Waals surface area contributed by atoms with Gasteiger partial charge in [0.05, 0.1) is 24.7 Å². The lowest BCUT2D eigenvalue weighted by atomic mass is 10.2.